The predicted molar refractivity (Wildman–Crippen MR) is 119 cm³/mol. The molecule has 7 nitrogen and oxygen atoms in total. The molecule has 1 aliphatic rings. The van der Waals surface area contributed by atoms with Crippen LogP contribution in [0.2, 0.25) is 5.02 Å². The Morgan fingerprint density at radius 2 is 1.84 bits per heavy atom. The molecule has 164 valence electrons. The van der Waals surface area contributed by atoms with Crippen molar-refractivity contribution in [3.63, 3.8) is 0 Å². The van der Waals surface area contributed by atoms with E-state index in [2.05, 4.69) is 0 Å². The molecule has 1 saturated heterocycles. The van der Waals surface area contributed by atoms with Gasteiger partial charge in [0, 0.05) is 17.3 Å². The molecule has 4 rings (SSSR count). The van der Waals surface area contributed by atoms with Gasteiger partial charge in [-0.05, 0) is 49.4 Å². The maximum atomic E-state index is 13.1. The second-order valence-corrected chi connectivity index (χ2v) is 7.58. The third kappa shape index (κ3) is 3.61. The summed E-state index contributed by atoms with van der Waals surface area (Å²) in [5, 5.41) is 11.4. The number of aliphatic hydroxyl groups is 1. The number of hydrogen-bond donors (Lipinski definition) is 1. The number of amides is 1. The van der Waals surface area contributed by atoms with Crippen LogP contribution in [0.3, 0.4) is 0 Å². The van der Waals surface area contributed by atoms with Gasteiger partial charge in [-0.15, -0.1) is 0 Å². The van der Waals surface area contributed by atoms with Gasteiger partial charge in [0.1, 0.15) is 34.8 Å². The molecule has 0 spiro atoms. The average Bonchev–Trinajstić information content (AvgIpc) is 3.34. The Balaban J connectivity index is 1.92. The lowest BCUT2D eigenvalue weighted by Gasteiger charge is -2.23. The van der Waals surface area contributed by atoms with Crippen LogP contribution in [0.5, 0.6) is 11.5 Å². The minimum absolute atomic E-state index is 0.103. The summed E-state index contributed by atoms with van der Waals surface area (Å²) in [6.45, 7) is 1.75. The molecule has 2 aromatic carbocycles. The lowest BCUT2D eigenvalue weighted by atomic mass is 9.99. The van der Waals surface area contributed by atoms with Gasteiger partial charge in [-0.25, -0.2) is 0 Å². The number of ether oxygens (including phenoxy) is 2. The fraction of sp³-hybridized carbons (Fsp3) is 0.167. The Bertz CT molecular complexity index is 1240. The van der Waals surface area contributed by atoms with Crippen LogP contribution in [-0.2, 0) is 9.59 Å². The van der Waals surface area contributed by atoms with E-state index in [9.17, 15) is 14.7 Å². The molecule has 1 aliphatic heterocycles. The smallest absolute Gasteiger partial charge is 0.300 e. The molecule has 1 amide bonds. The second kappa shape index (κ2) is 8.43. The molecule has 1 aromatic heterocycles. The average molecular weight is 454 g/mol. The zero-order valence-electron chi connectivity index (χ0n) is 17.6. The van der Waals surface area contributed by atoms with Crippen molar-refractivity contribution in [2.24, 2.45) is 0 Å². The van der Waals surface area contributed by atoms with E-state index >= 15 is 0 Å². The van der Waals surface area contributed by atoms with Gasteiger partial charge in [0.05, 0.1) is 24.8 Å². The Morgan fingerprint density at radius 1 is 1.06 bits per heavy atom. The number of furan rings is 1. The molecule has 0 saturated carbocycles. The van der Waals surface area contributed by atoms with Crippen LogP contribution in [0.1, 0.15) is 23.1 Å². The van der Waals surface area contributed by atoms with Gasteiger partial charge in [0.15, 0.2) is 0 Å². The van der Waals surface area contributed by atoms with Crippen LogP contribution < -0.4 is 14.4 Å². The van der Waals surface area contributed by atoms with E-state index in [4.69, 9.17) is 25.5 Å². The number of rotatable bonds is 5. The molecule has 0 aliphatic carbocycles. The lowest BCUT2D eigenvalue weighted by Crippen LogP contribution is -2.29. The second-order valence-electron chi connectivity index (χ2n) is 7.17. The summed E-state index contributed by atoms with van der Waals surface area (Å²) in [5.74, 6) is -0.125. The number of nitrogens with zero attached hydrogens (tertiary/aromatic N) is 1. The molecular weight excluding hydrogens is 434 g/mol. The summed E-state index contributed by atoms with van der Waals surface area (Å²) in [4.78, 5) is 27.5. The molecule has 3 aromatic rings. The summed E-state index contributed by atoms with van der Waals surface area (Å²) in [5.41, 5.74) is 0.596. The Labute approximate surface area is 189 Å². The number of methoxy groups -OCH3 is 2. The molecule has 0 bridgehead atoms. The van der Waals surface area contributed by atoms with Gasteiger partial charge in [-0.3, -0.25) is 14.5 Å². The predicted octanol–water partition coefficient (Wildman–Crippen LogP) is 4.88. The first-order chi connectivity index (χ1) is 15.3. The number of anilines is 1. The SMILES string of the molecule is COc1cccc(N2C(=O)C(=O)/C(=C(\O)c3ccc(OC)c(Cl)c3)C2c2ccc(C)o2)c1. The number of Topliss-reactive ketones (excluding diaryl/α,β-unsaturated/α-hetero) is 1. The number of carbonyl (C=O) groups excluding carboxylic acids is 2. The molecule has 8 heteroatoms. The molecule has 32 heavy (non-hydrogen) atoms. The van der Waals surface area contributed by atoms with Crippen molar-refractivity contribution in [2.45, 2.75) is 13.0 Å². The van der Waals surface area contributed by atoms with Crippen molar-refractivity contribution in [1.82, 2.24) is 0 Å². The van der Waals surface area contributed by atoms with Crippen LogP contribution in [0.15, 0.2) is 64.6 Å². The number of aliphatic hydroxyl groups excluding tert-OH is 1. The van der Waals surface area contributed by atoms with Crippen LogP contribution in [0.4, 0.5) is 5.69 Å². The van der Waals surface area contributed by atoms with E-state index in [0.29, 0.717) is 28.7 Å². The van der Waals surface area contributed by atoms with Gasteiger partial charge in [-0.2, -0.15) is 0 Å². The highest BCUT2D eigenvalue weighted by molar-refractivity contribution is 6.51. The van der Waals surface area contributed by atoms with Gasteiger partial charge in [-0.1, -0.05) is 17.7 Å². The largest absolute Gasteiger partial charge is 0.507 e. The molecular formula is C24H20ClNO6. The normalized spacial score (nSPS) is 17.6. The highest BCUT2D eigenvalue weighted by atomic mass is 35.5. The third-order valence-electron chi connectivity index (χ3n) is 5.23. The Kier molecular flexibility index (Phi) is 5.67. The standard InChI is InChI=1S/C24H20ClNO6/c1-13-7-9-19(32-13)21-20(22(27)14-8-10-18(31-3)17(25)11-14)23(28)24(29)26(21)15-5-4-6-16(12-15)30-2/h4-12,21,27H,1-3H3/b22-20-. The molecule has 1 fully saturated rings. The number of carbonyl (C=O) groups is 2. The van der Waals surface area contributed by atoms with Crippen LogP contribution in [0.25, 0.3) is 5.76 Å². The van der Waals surface area contributed by atoms with E-state index in [1.54, 1.807) is 55.5 Å². The lowest BCUT2D eigenvalue weighted by molar-refractivity contribution is -0.132. The van der Waals surface area contributed by atoms with Gasteiger partial charge in [0.2, 0.25) is 0 Å². The molecule has 1 unspecified atom stereocenters. The Hall–Kier alpha value is -3.71. The summed E-state index contributed by atoms with van der Waals surface area (Å²) >= 11 is 6.21. The fourth-order valence-electron chi connectivity index (χ4n) is 3.70. The molecule has 1 N–H and O–H groups in total. The summed E-state index contributed by atoms with van der Waals surface area (Å²) in [6, 6.07) is 13.8. The number of aryl methyl sites for hydroxylation is 1. The van der Waals surface area contributed by atoms with E-state index < -0.39 is 17.7 Å². The summed E-state index contributed by atoms with van der Waals surface area (Å²) in [7, 11) is 2.98. The summed E-state index contributed by atoms with van der Waals surface area (Å²) in [6.07, 6.45) is 0. The quantitative estimate of drug-likeness (QED) is 0.336. The first kappa shape index (κ1) is 21.5. The fourth-order valence-corrected chi connectivity index (χ4v) is 3.96. The van der Waals surface area contributed by atoms with Crippen molar-refractivity contribution in [3.05, 3.63) is 82.3 Å². The van der Waals surface area contributed by atoms with Gasteiger partial charge < -0.3 is 19.0 Å². The Morgan fingerprint density at radius 3 is 2.47 bits per heavy atom. The molecule has 0 radical (unpaired) electrons. The number of benzene rings is 2. The number of hydrogen-bond acceptors (Lipinski definition) is 6. The maximum absolute atomic E-state index is 13.1. The van der Waals surface area contributed by atoms with Crippen molar-refractivity contribution >= 4 is 34.7 Å². The maximum Gasteiger partial charge on any atom is 0.300 e. The van der Waals surface area contributed by atoms with Gasteiger partial charge in [0.25, 0.3) is 11.7 Å². The molecule has 2 heterocycles. The topological polar surface area (TPSA) is 89.2 Å². The van der Waals surface area contributed by atoms with E-state index in [0.717, 1.165) is 0 Å². The van der Waals surface area contributed by atoms with Crippen molar-refractivity contribution < 1.29 is 28.6 Å². The highest BCUT2D eigenvalue weighted by Crippen LogP contribution is 2.43. The van der Waals surface area contributed by atoms with Crippen molar-refractivity contribution in [2.75, 3.05) is 19.1 Å². The van der Waals surface area contributed by atoms with E-state index in [1.165, 1.54) is 25.2 Å². The monoisotopic (exact) mass is 453 g/mol. The number of ketones is 1. The van der Waals surface area contributed by atoms with Crippen LogP contribution in [-0.4, -0.2) is 31.0 Å². The zero-order chi connectivity index (χ0) is 23.0. The molecule has 1 atom stereocenters. The first-order valence-electron chi connectivity index (χ1n) is 9.71. The van der Waals surface area contributed by atoms with Gasteiger partial charge >= 0.3 is 0 Å². The van der Waals surface area contributed by atoms with Crippen LogP contribution >= 0.6 is 11.6 Å². The van der Waals surface area contributed by atoms with Crippen molar-refractivity contribution in [3.8, 4) is 11.5 Å². The van der Waals surface area contributed by atoms with E-state index in [1.807, 2.05) is 0 Å². The third-order valence-corrected chi connectivity index (χ3v) is 5.53. The zero-order valence-corrected chi connectivity index (χ0v) is 18.3. The first-order valence-corrected chi connectivity index (χ1v) is 10.1. The highest BCUT2D eigenvalue weighted by Gasteiger charge is 2.48. The van der Waals surface area contributed by atoms with E-state index in [-0.39, 0.29) is 21.9 Å². The minimum atomic E-state index is -0.975. The minimum Gasteiger partial charge on any atom is -0.507 e. The number of halogens is 1. The van der Waals surface area contributed by atoms with Crippen LogP contribution in [0, 0.1) is 6.92 Å². The summed E-state index contributed by atoms with van der Waals surface area (Å²) < 4.78 is 16.2. The van der Waals surface area contributed by atoms with Crippen molar-refractivity contribution in [1.29, 1.82) is 0 Å².